The highest BCUT2D eigenvalue weighted by Crippen LogP contribution is 2.29. The Morgan fingerprint density at radius 1 is 1.16 bits per heavy atom. The number of rotatable bonds is 10. The summed E-state index contributed by atoms with van der Waals surface area (Å²) >= 11 is 0. The average molecular weight is 372 g/mol. The van der Waals surface area contributed by atoms with Crippen LogP contribution in [0.25, 0.3) is 0 Å². The van der Waals surface area contributed by atoms with E-state index in [2.05, 4.69) is 20.3 Å². The van der Waals surface area contributed by atoms with Gasteiger partial charge in [0.05, 0.1) is 20.0 Å². The zero-order valence-corrected chi connectivity index (χ0v) is 16.1. The van der Waals surface area contributed by atoms with Gasteiger partial charge < -0.3 is 20.1 Å². The molecule has 0 saturated carbocycles. The maximum absolute atomic E-state index is 11.4. The Kier molecular flexibility index (Phi) is 9.07. The second kappa shape index (κ2) is 10.8. The molecular formula is C16H28N4O4S. The van der Waals surface area contributed by atoms with E-state index in [4.69, 9.17) is 9.47 Å². The molecule has 0 radical (unpaired) electrons. The molecule has 0 spiro atoms. The van der Waals surface area contributed by atoms with Crippen molar-refractivity contribution in [2.45, 2.75) is 20.3 Å². The van der Waals surface area contributed by atoms with Crippen molar-refractivity contribution < 1.29 is 17.9 Å². The van der Waals surface area contributed by atoms with Crippen LogP contribution in [-0.2, 0) is 10.0 Å². The molecule has 0 aliphatic heterocycles. The van der Waals surface area contributed by atoms with E-state index in [9.17, 15) is 8.42 Å². The Labute approximate surface area is 150 Å². The summed E-state index contributed by atoms with van der Waals surface area (Å²) in [6.07, 6.45) is 0.613. The monoisotopic (exact) mass is 372 g/mol. The number of aliphatic imine (C=N–C) groups is 1. The molecule has 1 aromatic carbocycles. The van der Waals surface area contributed by atoms with Crippen LogP contribution in [-0.4, -0.2) is 54.0 Å². The van der Waals surface area contributed by atoms with Crippen LogP contribution >= 0.6 is 0 Å². The van der Waals surface area contributed by atoms with E-state index in [1.54, 1.807) is 21.1 Å². The highest BCUT2D eigenvalue weighted by molar-refractivity contribution is 7.89. The van der Waals surface area contributed by atoms with E-state index in [0.29, 0.717) is 43.5 Å². The van der Waals surface area contributed by atoms with Crippen molar-refractivity contribution in [3.8, 4) is 11.5 Å². The second-order valence-electron chi connectivity index (χ2n) is 5.11. The normalized spacial score (nSPS) is 11.9. The lowest BCUT2D eigenvalue weighted by atomic mass is 10.3. The number of sulfonamides is 1. The van der Waals surface area contributed by atoms with E-state index in [-0.39, 0.29) is 5.75 Å². The molecular weight excluding hydrogens is 344 g/mol. The summed E-state index contributed by atoms with van der Waals surface area (Å²) in [5.41, 5.74) is 0.809. The first-order valence-corrected chi connectivity index (χ1v) is 9.85. The van der Waals surface area contributed by atoms with E-state index in [1.807, 2.05) is 25.1 Å². The van der Waals surface area contributed by atoms with Crippen molar-refractivity contribution in [1.82, 2.24) is 10.0 Å². The molecule has 1 rings (SSSR count). The third kappa shape index (κ3) is 7.61. The predicted octanol–water partition coefficient (Wildman–Crippen LogP) is 1.41. The molecule has 142 valence electrons. The minimum Gasteiger partial charge on any atom is -0.493 e. The van der Waals surface area contributed by atoms with Gasteiger partial charge in [0.1, 0.15) is 0 Å². The number of ether oxygens (including phenoxy) is 2. The number of nitrogens with zero attached hydrogens (tertiary/aromatic N) is 1. The van der Waals surface area contributed by atoms with Crippen molar-refractivity contribution in [1.29, 1.82) is 0 Å². The third-order valence-electron chi connectivity index (χ3n) is 3.30. The summed E-state index contributed by atoms with van der Waals surface area (Å²) < 4.78 is 35.7. The molecule has 0 unspecified atom stereocenters. The highest BCUT2D eigenvalue weighted by Gasteiger charge is 2.07. The molecule has 1 aromatic rings. The minimum absolute atomic E-state index is 0.0831. The average Bonchev–Trinajstić information content (AvgIpc) is 2.61. The van der Waals surface area contributed by atoms with Gasteiger partial charge in [0.25, 0.3) is 0 Å². The SMILES string of the molecule is CCNC(=NCCCNS(=O)(=O)CC)Nc1ccc(OC)c(OC)c1. The quantitative estimate of drug-likeness (QED) is 0.326. The lowest BCUT2D eigenvalue weighted by molar-refractivity contribution is 0.355. The second-order valence-corrected chi connectivity index (χ2v) is 7.20. The molecule has 25 heavy (non-hydrogen) atoms. The molecule has 0 fully saturated rings. The van der Waals surface area contributed by atoms with Crippen LogP contribution in [0.3, 0.4) is 0 Å². The number of hydrogen-bond acceptors (Lipinski definition) is 5. The van der Waals surface area contributed by atoms with Gasteiger partial charge in [0.2, 0.25) is 10.0 Å². The summed E-state index contributed by atoms with van der Waals surface area (Å²) in [6, 6.07) is 5.49. The zero-order valence-electron chi connectivity index (χ0n) is 15.3. The van der Waals surface area contributed by atoms with Crippen LogP contribution in [0.1, 0.15) is 20.3 Å². The molecule has 8 nitrogen and oxygen atoms in total. The summed E-state index contributed by atoms with van der Waals surface area (Å²) in [6.45, 7) is 5.16. The van der Waals surface area contributed by atoms with Gasteiger partial charge in [-0.05, 0) is 32.4 Å². The van der Waals surface area contributed by atoms with Crippen molar-refractivity contribution in [3.63, 3.8) is 0 Å². The van der Waals surface area contributed by atoms with E-state index in [1.165, 1.54) is 0 Å². The van der Waals surface area contributed by atoms with Gasteiger partial charge in [-0.3, -0.25) is 4.99 Å². The van der Waals surface area contributed by atoms with Gasteiger partial charge in [-0.15, -0.1) is 0 Å². The van der Waals surface area contributed by atoms with Crippen LogP contribution in [0.4, 0.5) is 5.69 Å². The molecule has 3 N–H and O–H groups in total. The largest absolute Gasteiger partial charge is 0.493 e. The molecule has 0 aromatic heterocycles. The first-order chi connectivity index (χ1) is 12.0. The number of nitrogens with one attached hydrogen (secondary N) is 3. The van der Waals surface area contributed by atoms with Crippen LogP contribution in [0.2, 0.25) is 0 Å². The molecule has 0 aliphatic rings. The molecule has 0 aliphatic carbocycles. The predicted molar refractivity (Wildman–Crippen MR) is 101 cm³/mol. The lowest BCUT2D eigenvalue weighted by Crippen LogP contribution is -2.31. The fourth-order valence-electron chi connectivity index (χ4n) is 1.96. The first-order valence-electron chi connectivity index (χ1n) is 8.20. The van der Waals surface area contributed by atoms with Crippen LogP contribution in [0.15, 0.2) is 23.2 Å². The number of benzene rings is 1. The Morgan fingerprint density at radius 2 is 1.88 bits per heavy atom. The molecule has 0 atom stereocenters. The first kappa shape index (κ1) is 21.0. The standard InChI is InChI=1S/C16H28N4O4S/c1-5-17-16(18-10-7-11-19-25(21,22)6-2)20-13-8-9-14(23-3)15(12-13)24-4/h8-9,12,19H,5-7,10-11H2,1-4H3,(H2,17,18,20). The maximum atomic E-state index is 11.4. The van der Waals surface area contributed by atoms with Gasteiger partial charge in [-0.1, -0.05) is 0 Å². The van der Waals surface area contributed by atoms with Gasteiger partial charge in [0.15, 0.2) is 17.5 Å². The van der Waals surface area contributed by atoms with E-state index < -0.39 is 10.0 Å². The number of methoxy groups -OCH3 is 2. The summed E-state index contributed by atoms with van der Waals surface area (Å²) in [5.74, 6) is 1.98. The Bertz CT molecular complexity index is 662. The highest BCUT2D eigenvalue weighted by atomic mass is 32.2. The van der Waals surface area contributed by atoms with Crippen molar-refractivity contribution >= 4 is 21.7 Å². The van der Waals surface area contributed by atoms with Crippen molar-refractivity contribution in [2.24, 2.45) is 4.99 Å². The Hall–Kier alpha value is -2.00. The van der Waals surface area contributed by atoms with Gasteiger partial charge in [-0.2, -0.15) is 0 Å². The third-order valence-corrected chi connectivity index (χ3v) is 4.70. The van der Waals surface area contributed by atoms with Gasteiger partial charge in [0, 0.05) is 31.4 Å². The van der Waals surface area contributed by atoms with Crippen LogP contribution < -0.4 is 24.8 Å². The van der Waals surface area contributed by atoms with Gasteiger partial charge >= 0.3 is 0 Å². The number of guanidine groups is 1. The fraction of sp³-hybridized carbons (Fsp3) is 0.562. The molecule has 0 saturated heterocycles. The lowest BCUT2D eigenvalue weighted by Gasteiger charge is -2.14. The fourth-order valence-corrected chi connectivity index (χ4v) is 2.62. The summed E-state index contributed by atoms with van der Waals surface area (Å²) in [5, 5.41) is 6.33. The van der Waals surface area contributed by atoms with Gasteiger partial charge in [-0.25, -0.2) is 13.1 Å². The minimum atomic E-state index is -3.15. The smallest absolute Gasteiger partial charge is 0.211 e. The number of anilines is 1. The van der Waals surface area contributed by atoms with E-state index >= 15 is 0 Å². The Morgan fingerprint density at radius 3 is 2.48 bits per heavy atom. The molecule has 0 amide bonds. The molecule has 9 heteroatoms. The summed E-state index contributed by atoms with van der Waals surface area (Å²) in [4.78, 5) is 4.44. The van der Waals surface area contributed by atoms with Crippen LogP contribution in [0.5, 0.6) is 11.5 Å². The van der Waals surface area contributed by atoms with Crippen LogP contribution in [0, 0.1) is 0 Å². The molecule has 0 heterocycles. The topological polar surface area (TPSA) is 101 Å². The summed E-state index contributed by atoms with van der Waals surface area (Å²) in [7, 11) is 0.0194. The maximum Gasteiger partial charge on any atom is 0.211 e. The zero-order chi connectivity index (χ0) is 18.7. The van der Waals surface area contributed by atoms with E-state index in [0.717, 1.165) is 5.69 Å². The van der Waals surface area contributed by atoms with Crippen molar-refractivity contribution in [3.05, 3.63) is 18.2 Å². The number of hydrogen-bond donors (Lipinski definition) is 3. The van der Waals surface area contributed by atoms with Crippen molar-refractivity contribution in [2.75, 3.05) is 44.9 Å². The Balaban J connectivity index is 2.64. The molecule has 0 bridgehead atoms.